The van der Waals surface area contributed by atoms with Crippen LogP contribution in [0.4, 0.5) is 5.69 Å². The van der Waals surface area contributed by atoms with Crippen molar-refractivity contribution in [1.82, 2.24) is 4.90 Å². The van der Waals surface area contributed by atoms with Crippen molar-refractivity contribution in [3.05, 3.63) is 63.9 Å². The van der Waals surface area contributed by atoms with Crippen molar-refractivity contribution in [3.8, 4) is 0 Å². The van der Waals surface area contributed by atoms with Crippen LogP contribution in [0, 0.1) is 0 Å². The number of methoxy groups -OCH3 is 1. The summed E-state index contributed by atoms with van der Waals surface area (Å²) < 4.78 is 4.80. The van der Waals surface area contributed by atoms with Crippen molar-refractivity contribution < 1.29 is 19.1 Å². The van der Waals surface area contributed by atoms with E-state index in [-0.39, 0.29) is 17.8 Å². The quantitative estimate of drug-likeness (QED) is 0.586. The summed E-state index contributed by atoms with van der Waals surface area (Å²) in [4.78, 5) is 41.4. The SMILES string of the molecule is C=CC(=O)N(C)c1ccc(C(=O)N2CCCc3sc(C(=O)OC)cc3C2)cc1. The number of fused-ring (bicyclic) bond motifs is 1. The fourth-order valence-corrected chi connectivity index (χ4v) is 4.31. The van der Waals surface area contributed by atoms with Crippen molar-refractivity contribution in [3.63, 3.8) is 0 Å². The number of thiophene rings is 1. The molecule has 1 aliphatic rings. The van der Waals surface area contributed by atoms with Gasteiger partial charge in [0.15, 0.2) is 0 Å². The molecule has 1 aromatic heterocycles. The van der Waals surface area contributed by atoms with Crippen LogP contribution in [0.3, 0.4) is 0 Å². The number of anilines is 1. The van der Waals surface area contributed by atoms with Gasteiger partial charge in [-0.2, -0.15) is 0 Å². The highest BCUT2D eigenvalue weighted by atomic mass is 32.1. The summed E-state index contributed by atoms with van der Waals surface area (Å²) in [5.41, 5.74) is 2.26. The lowest BCUT2D eigenvalue weighted by atomic mass is 10.1. The minimum absolute atomic E-state index is 0.0667. The van der Waals surface area contributed by atoms with Crippen LogP contribution in [0.25, 0.3) is 0 Å². The maximum atomic E-state index is 13.0. The molecule has 6 nitrogen and oxygen atoms in total. The van der Waals surface area contributed by atoms with Crippen LogP contribution in [0.15, 0.2) is 43.0 Å². The van der Waals surface area contributed by atoms with Gasteiger partial charge in [-0.1, -0.05) is 6.58 Å². The molecule has 0 unspecified atom stereocenters. The van der Waals surface area contributed by atoms with Gasteiger partial charge < -0.3 is 14.5 Å². The highest BCUT2D eigenvalue weighted by molar-refractivity contribution is 7.14. The van der Waals surface area contributed by atoms with Crippen molar-refractivity contribution in [2.75, 3.05) is 25.6 Å². The summed E-state index contributed by atoms with van der Waals surface area (Å²) in [6.07, 6.45) is 2.93. The summed E-state index contributed by atoms with van der Waals surface area (Å²) in [7, 11) is 3.03. The maximum Gasteiger partial charge on any atom is 0.348 e. The van der Waals surface area contributed by atoms with Gasteiger partial charge in [-0.25, -0.2) is 4.79 Å². The molecule has 1 aliphatic heterocycles. The Morgan fingerprint density at radius 2 is 1.96 bits per heavy atom. The predicted octanol–water partition coefficient (Wildman–Crippen LogP) is 3.27. The van der Waals surface area contributed by atoms with Crippen LogP contribution >= 0.6 is 11.3 Å². The first kappa shape index (κ1) is 19.8. The molecular formula is C21H22N2O4S. The van der Waals surface area contributed by atoms with E-state index >= 15 is 0 Å². The molecule has 0 N–H and O–H groups in total. The lowest BCUT2D eigenvalue weighted by molar-refractivity contribution is -0.113. The number of ether oxygens (including phenoxy) is 1. The first-order valence-electron chi connectivity index (χ1n) is 8.94. The number of nitrogens with zero attached hydrogens (tertiary/aromatic N) is 2. The van der Waals surface area contributed by atoms with E-state index in [9.17, 15) is 14.4 Å². The maximum absolute atomic E-state index is 13.0. The molecular weight excluding hydrogens is 376 g/mol. The van der Waals surface area contributed by atoms with Gasteiger partial charge in [0.05, 0.1) is 7.11 Å². The number of esters is 1. The van der Waals surface area contributed by atoms with E-state index in [0.29, 0.717) is 29.2 Å². The molecule has 0 spiro atoms. The molecule has 0 atom stereocenters. The Hall–Kier alpha value is -2.93. The van der Waals surface area contributed by atoms with E-state index in [0.717, 1.165) is 23.3 Å². The second-order valence-corrected chi connectivity index (χ2v) is 7.67. The first-order valence-corrected chi connectivity index (χ1v) is 9.75. The second-order valence-electron chi connectivity index (χ2n) is 6.53. The predicted molar refractivity (Wildman–Crippen MR) is 109 cm³/mol. The van der Waals surface area contributed by atoms with Crippen LogP contribution in [0.2, 0.25) is 0 Å². The first-order chi connectivity index (χ1) is 13.4. The normalized spacial score (nSPS) is 13.3. The number of likely N-dealkylation sites (N-methyl/N-ethyl adjacent to an activating group) is 1. The van der Waals surface area contributed by atoms with Gasteiger partial charge in [0, 0.05) is 36.3 Å². The highest BCUT2D eigenvalue weighted by Crippen LogP contribution is 2.29. The van der Waals surface area contributed by atoms with Gasteiger partial charge in [0.1, 0.15) is 4.88 Å². The highest BCUT2D eigenvalue weighted by Gasteiger charge is 2.24. The lowest BCUT2D eigenvalue weighted by Crippen LogP contribution is -2.30. The Kier molecular flexibility index (Phi) is 5.94. The second kappa shape index (κ2) is 8.39. The molecule has 28 heavy (non-hydrogen) atoms. The smallest absolute Gasteiger partial charge is 0.348 e. The zero-order valence-corrected chi connectivity index (χ0v) is 16.8. The summed E-state index contributed by atoms with van der Waals surface area (Å²) in [6, 6.07) is 8.78. The zero-order chi connectivity index (χ0) is 20.3. The van der Waals surface area contributed by atoms with Crippen molar-refractivity contribution in [2.24, 2.45) is 0 Å². The van der Waals surface area contributed by atoms with Crippen LogP contribution in [-0.2, 0) is 22.5 Å². The number of rotatable bonds is 4. The van der Waals surface area contributed by atoms with E-state index in [1.807, 2.05) is 6.07 Å². The number of carbonyl (C=O) groups excluding carboxylic acids is 3. The van der Waals surface area contributed by atoms with Gasteiger partial charge in [-0.3, -0.25) is 9.59 Å². The molecule has 0 radical (unpaired) electrons. The average molecular weight is 398 g/mol. The molecule has 0 saturated heterocycles. The minimum Gasteiger partial charge on any atom is -0.465 e. The summed E-state index contributed by atoms with van der Waals surface area (Å²) in [6.45, 7) is 4.61. The van der Waals surface area contributed by atoms with Gasteiger partial charge >= 0.3 is 5.97 Å². The summed E-state index contributed by atoms with van der Waals surface area (Å²) in [5.74, 6) is -0.620. The Morgan fingerprint density at radius 3 is 2.61 bits per heavy atom. The molecule has 3 rings (SSSR count). The van der Waals surface area contributed by atoms with Crippen LogP contribution in [0.1, 0.15) is 36.9 Å². The fourth-order valence-electron chi connectivity index (χ4n) is 3.18. The minimum atomic E-state index is -0.343. The lowest BCUT2D eigenvalue weighted by Gasteiger charge is -2.21. The molecule has 1 aromatic carbocycles. The monoisotopic (exact) mass is 398 g/mol. The van der Waals surface area contributed by atoms with Gasteiger partial charge in [-0.15, -0.1) is 11.3 Å². The summed E-state index contributed by atoms with van der Waals surface area (Å²) in [5, 5.41) is 0. The van der Waals surface area contributed by atoms with E-state index in [1.54, 1.807) is 36.2 Å². The molecule has 2 aromatic rings. The van der Waals surface area contributed by atoms with E-state index in [4.69, 9.17) is 4.74 Å². The average Bonchev–Trinajstić information content (AvgIpc) is 3.03. The van der Waals surface area contributed by atoms with Crippen molar-refractivity contribution >= 4 is 34.8 Å². The zero-order valence-electron chi connectivity index (χ0n) is 15.9. The summed E-state index contributed by atoms with van der Waals surface area (Å²) >= 11 is 1.44. The topological polar surface area (TPSA) is 66.9 Å². The molecule has 0 bridgehead atoms. The van der Waals surface area contributed by atoms with Crippen LogP contribution in [-0.4, -0.2) is 43.4 Å². The molecule has 2 heterocycles. The third kappa shape index (κ3) is 3.99. The number of benzene rings is 1. The number of amides is 2. The van der Waals surface area contributed by atoms with Crippen molar-refractivity contribution in [1.29, 1.82) is 0 Å². The Morgan fingerprint density at radius 1 is 1.25 bits per heavy atom. The molecule has 0 fully saturated rings. The Balaban J connectivity index is 1.77. The Labute approximate surface area is 168 Å². The van der Waals surface area contributed by atoms with Gasteiger partial charge in [-0.05, 0) is 54.8 Å². The number of aryl methyl sites for hydroxylation is 1. The fraction of sp³-hybridized carbons (Fsp3) is 0.286. The largest absolute Gasteiger partial charge is 0.465 e. The van der Waals surface area contributed by atoms with E-state index in [2.05, 4.69) is 6.58 Å². The standard InChI is InChI=1S/C21H22N2O4S/c1-4-19(24)22(2)16-9-7-14(8-10-16)20(25)23-11-5-6-17-15(13-23)12-18(28-17)21(26)27-3/h4,7-10,12H,1,5-6,11,13H2,2-3H3. The molecule has 0 aliphatic carbocycles. The van der Waals surface area contributed by atoms with Crippen LogP contribution < -0.4 is 4.90 Å². The number of hydrogen-bond donors (Lipinski definition) is 0. The molecule has 7 heteroatoms. The third-order valence-electron chi connectivity index (χ3n) is 4.77. The van der Waals surface area contributed by atoms with Gasteiger partial charge in [0.25, 0.3) is 5.91 Å². The molecule has 0 saturated carbocycles. The van der Waals surface area contributed by atoms with Crippen LogP contribution in [0.5, 0.6) is 0 Å². The van der Waals surface area contributed by atoms with Gasteiger partial charge in [0.2, 0.25) is 5.91 Å². The molecule has 146 valence electrons. The van der Waals surface area contributed by atoms with E-state index in [1.165, 1.54) is 29.4 Å². The number of hydrogen-bond acceptors (Lipinski definition) is 5. The third-order valence-corrected chi connectivity index (χ3v) is 5.99. The van der Waals surface area contributed by atoms with Crippen molar-refractivity contribution in [2.45, 2.75) is 19.4 Å². The van der Waals surface area contributed by atoms with E-state index < -0.39 is 0 Å². The Bertz CT molecular complexity index is 917. The number of carbonyl (C=O) groups is 3. The molecule has 2 amide bonds.